The van der Waals surface area contributed by atoms with Crippen molar-refractivity contribution in [3.05, 3.63) is 58.1 Å². The molecule has 0 saturated heterocycles. The minimum atomic E-state index is -1.16. The van der Waals surface area contributed by atoms with Gasteiger partial charge >= 0.3 is 0 Å². The Bertz CT molecular complexity index is 678. The van der Waals surface area contributed by atoms with Crippen molar-refractivity contribution in [1.29, 1.82) is 5.26 Å². The van der Waals surface area contributed by atoms with Crippen LogP contribution in [0.15, 0.2) is 30.3 Å². The van der Waals surface area contributed by atoms with E-state index in [0.717, 1.165) is 5.56 Å². The van der Waals surface area contributed by atoms with E-state index in [1.54, 1.807) is 31.2 Å². The number of anilines is 2. The summed E-state index contributed by atoms with van der Waals surface area (Å²) >= 11 is 5.95. The zero-order chi connectivity index (χ0) is 14.0. The monoisotopic (exact) mass is 278 g/mol. The number of benzene rings is 2. The molecular formula is C14H9ClF2N2. The Balaban J connectivity index is 2.43. The van der Waals surface area contributed by atoms with Crippen LogP contribution in [0, 0.1) is 29.9 Å². The highest BCUT2D eigenvalue weighted by Gasteiger charge is 2.14. The number of nitrogens with one attached hydrogen (secondary N) is 1. The fraction of sp³-hybridized carbons (Fsp3) is 0.0714. The molecule has 2 aromatic carbocycles. The second kappa shape index (κ2) is 5.25. The van der Waals surface area contributed by atoms with Crippen molar-refractivity contribution in [3.8, 4) is 6.07 Å². The summed E-state index contributed by atoms with van der Waals surface area (Å²) in [7, 11) is 0. The Labute approximate surface area is 114 Å². The van der Waals surface area contributed by atoms with Crippen molar-refractivity contribution in [3.63, 3.8) is 0 Å². The third kappa shape index (κ3) is 2.51. The van der Waals surface area contributed by atoms with E-state index in [1.807, 2.05) is 0 Å². The molecule has 0 aliphatic heterocycles. The maximum atomic E-state index is 13.7. The van der Waals surface area contributed by atoms with Gasteiger partial charge in [-0.15, -0.1) is 0 Å². The Morgan fingerprint density at radius 2 is 1.84 bits per heavy atom. The number of hydrogen-bond acceptors (Lipinski definition) is 2. The first-order valence-electron chi connectivity index (χ1n) is 5.45. The quantitative estimate of drug-likeness (QED) is 0.875. The highest BCUT2D eigenvalue weighted by atomic mass is 35.5. The molecule has 1 N–H and O–H groups in total. The maximum absolute atomic E-state index is 13.7. The molecule has 0 bridgehead atoms. The summed E-state index contributed by atoms with van der Waals surface area (Å²) < 4.78 is 27.2. The van der Waals surface area contributed by atoms with Gasteiger partial charge < -0.3 is 5.32 Å². The van der Waals surface area contributed by atoms with Crippen LogP contribution in [-0.4, -0.2) is 0 Å². The van der Waals surface area contributed by atoms with Crippen LogP contribution in [0.1, 0.15) is 11.1 Å². The highest BCUT2D eigenvalue weighted by Crippen LogP contribution is 2.28. The molecule has 0 unspecified atom stereocenters. The normalized spacial score (nSPS) is 10.1. The van der Waals surface area contributed by atoms with Crippen LogP contribution < -0.4 is 5.32 Å². The lowest BCUT2D eigenvalue weighted by molar-refractivity contribution is 0.509. The van der Waals surface area contributed by atoms with E-state index in [2.05, 4.69) is 5.32 Å². The molecule has 0 spiro atoms. The summed E-state index contributed by atoms with van der Waals surface area (Å²) in [5.74, 6) is -2.24. The van der Waals surface area contributed by atoms with Gasteiger partial charge in [0.25, 0.3) is 0 Å². The average molecular weight is 279 g/mol. The second-order valence-corrected chi connectivity index (χ2v) is 4.35. The van der Waals surface area contributed by atoms with E-state index in [4.69, 9.17) is 16.9 Å². The van der Waals surface area contributed by atoms with Gasteiger partial charge in [0.05, 0.1) is 11.3 Å². The van der Waals surface area contributed by atoms with E-state index in [9.17, 15) is 8.78 Å². The van der Waals surface area contributed by atoms with E-state index >= 15 is 0 Å². The van der Waals surface area contributed by atoms with Crippen molar-refractivity contribution in [1.82, 2.24) is 0 Å². The molecule has 0 radical (unpaired) electrons. The molecule has 0 aliphatic carbocycles. The van der Waals surface area contributed by atoms with Crippen LogP contribution >= 0.6 is 11.6 Å². The summed E-state index contributed by atoms with van der Waals surface area (Å²) in [6.45, 7) is 1.77. The van der Waals surface area contributed by atoms with Crippen molar-refractivity contribution in [2.45, 2.75) is 6.92 Å². The molecule has 0 aromatic heterocycles. The molecule has 0 aliphatic rings. The van der Waals surface area contributed by atoms with Gasteiger partial charge in [-0.3, -0.25) is 0 Å². The largest absolute Gasteiger partial charge is 0.353 e. The first-order chi connectivity index (χ1) is 9.04. The molecule has 19 heavy (non-hydrogen) atoms. The number of halogens is 3. The number of hydrogen-bond donors (Lipinski definition) is 1. The van der Waals surface area contributed by atoms with Crippen LogP contribution in [-0.2, 0) is 0 Å². The van der Waals surface area contributed by atoms with Crippen molar-refractivity contribution >= 4 is 23.0 Å². The molecular weight excluding hydrogens is 270 g/mol. The predicted octanol–water partition coefficient (Wildman–Crippen LogP) is 4.54. The van der Waals surface area contributed by atoms with Crippen molar-refractivity contribution in [2.75, 3.05) is 5.32 Å². The van der Waals surface area contributed by atoms with Crippen molar-refractivity contribution in [2.24, 2.45) is 0 Å². The predicted molar refractivity (Wildman–Crippen MR) is 70.5 cm³/mol. The average Bonchev–Trinajstić information content (AvgIpc) is 2.40. The molecule has 0 fully saturated rings. The van der Waals surface area contributed by atoms with Crippen LogP contribution in [0.2, 0.25) is 5.02 Å². The van der Waals surface area contributed by atoms with Gasteiger partial charge in [-0.05, 0) is 36.8 Å². The van der Waals surface area contributed by atoms with E-state index in [1.165, 1.54) is 12.1 Å². The van der Waals surface area contributed by atoms with E-state index in [0.29, 0.717) is 10.7 Å². The van der Waals surface area contributed by atoms with E-state index in [-0.39, 0.29) is 11.3 Å². The Morgan fingerprint density at radius 1 is 1.11 bits per heavy atom. The van der Waals surface area contributed by atoms with Gasteiger partial charge in [0.2, 0.25) is 0 Å². The lowest BCUT2D eigenvalue weighted by Crippen LogP contribution is -2.00. The first-order valence-corrected chi connectivity index (χ1v) is 5.82. The zero-order valence-corrected chi connectivity index (χ0v) is 10.7. The van der Waals surface area contributed by atoms with Crippen LogP contribution in [0.3, 0.4) is 0 Å². The Kier molecular flexibility index (Phi) is 3.68. The second-order valence-electron chi connectivity index (χ2n) is 3.94. The van der Waals surface area contributed by atoms with Crippen LogP contribution in [0.4, 0.5) is 20.2 Å². The molecule has 0 amide bonds. The Hall–Kier alpha value is -2.12. The standard InChI is InChI=1S/C14H9ClF2N2/c1-8-10(15)3-2-4-11(8)19-12-6-5-9(7-18)13(16)14(12)17/h2-6,19H,1H3. The Morgan fingerprint density at radius 3 is 2.53 bits per heavy atom. The van der Waals surface area contributed by atoms with Gasteiger partial charge in [-0.1, -0.05) is 17.7 Å². The third-order valence-electron chi connectivity index (χ3n) is 2.74. The molecule has 2 rings (SSSR count). The first kappa shape index (κ1) is 13.3. The van der Waals surface area contributed by atoms with E-state index < -0.39 is 11.6 Å². The fourth-order valence-corrected chi connectivity index (χ4v) is 1.79. The molecule has 2 nitrogen and oxygen atoms in total. The lowest BCUT2D eigenvalue weighted by atomic mass is 10.1. The fourth-order valence-electron chi connectivity index (χ4n) is 1.62. The third-order valence-corrected chi connectivity index (χ3v) is 3.15. The highest BCUT2D eigenvalue weighted by molar-refractivity contribution is 6.31. The molecule has 5 heteroatoms. The van der Waals surface area contributed by atoms with Gasteiger partial charge in [-0.25, -0.2) is 8.78 Å². The molecule has 96 valence electrons. The summed E-state index contributed by atoms with van der Waals surface area (Å²) in [4.78, 5) is 0. The number of rotatable bonds is 2. The van der Waals surface area contributed by atoms with Gasteiger partial charge in [0.1, 0.15) is 6.07 Å². The van der Waals surface area contributed by atoms with Gasteiger partial charge in [-0.2, -0.15) is 5.26 Å². The smallest absolute Gasteiger partial charge is 0.183 e. The summed E-state index contributed by atoms with van der Waals surface area (Å²) in [6.07, 6.45) is 0. The minimum Gasteiger partial charge on any atom is -0.353 e. The SMILES string of the molecule is Cc1c(Cl)cccc1Nc1ccc(C#N)c(F)c1F. The summed E-state index contributed by atoms with van der Waals surface area (Å²) in [5, 5.41) is 11.9. The molecule has 0 saturated carbocycles. The minimum absolute atomic E-state index is 0.0399. The number of nitriles is 1. The summed E-state index contributed by atoms with van der Waals surface area (Å²) in [6, 6.07) is 9.24. The zero-order valence-electron chi connectivity index (χ0n) is 9.97. The maximum Gasteiger partial charge on any atom is 0.183 e. The topological polar surface area (TPSA) is 35.8 Å². The molecule has 2 aromatic rings. The number of nitrogens with zero attached hydrogens (tertiary/aromatic N) is 1. The van der Waals surface area contributed by atoms with Crippen molar-refractivity contribution < 1.29 is 8.78 Å². The van der Waals surface area contributed by atoms with Crippen LogP contribution in [0.5, 0.6) is 0 Å². The molecule has 0 atom stereocenters. The van der Waals surface area contributed by atoms with Gasteiger partial charge in [0, 0.05) is 10.7 Å². The van der Waals surface area contributed by atoms with Crippen LogP contribution in [0.25, 0.3) is 0 Å². The molecule has 0 heterocycles. The summed E-state index contributed by atoms with van der Waals surface area (Å²) in [5.41, 5.74) is 0.941. The lowest BCUT2D eigenvalue weighted by Gasteiger charge is -2.12. The van der Waals surface area contributed by atoms with Gasteiger partial charge in [0.15, 0.2) is 11.6 Å².